The predicted molar refractivity (Wildman–Crippen MR) is 97.6 cm³/mol. The predicted octanol–water partition coefficient (Wildman–Crippen LogP) is 1.13. The third-order valence-electron chi connectivity index (χ3n) is 4.28. The van der Waals surface area contributed by atoms with Crippen LogP contribution in [0.2, 0.25) is 0 Å². The van der Waals surface area contributed by atoms with Crippen molar-refractivity contribution in [2.75, 3.05) is 20.1 Å². The maximum Gasteiger partial charge on any atom is 0.254 e. The molecule has 1 aliphatic heterocycles. The van der Waals surface area contributed by atoms with Crippen LogP contribution in [0.4, 0.5) is 4.39 Å². The van der Waals surface area contributed by atoms with E-state index in [1.54, 1.807) is 31.4 Å². The largest absolute Gasteiger partial charge is 0.383 e. The Kier molecular flexibility index (Phi) is 5.36. The van der Waals surface area contributed by atoms with Gasteiger partial charge in [0.05, 0.1) is 11.7 Å². The summed E-state index contributed by atoms with van der Waals surface area (Å²) < 4.78 is 16.0. The van der Waals surface area contributed by atoms with Crippen LogP contribution in [0.5, 0.6) is 0 Å². The number of allylic oxidation sites excluding steroid dienone is 3. The van der Waals surface area contributed by atoms with E-state index in [0.717, 1.165) is 13.0 Å². The molecule has 2 N–H and O–H groups in total. The molecule has 0 bridgehead atoms. The summed E-state index contributed by atoms with van der Waals surface area (Å²) in [5.41, 5.74) is 4.01. The fourth-order valence-corrected chi connectivity index (χ4v) is 3.10. The zero-order valence-corrected chi connectivity index (χ0v) is 15.2. The molecule has 0 spiro atoms. The second-order valence-corrected chi connectivity index (χ2v) is 6.43. The maximum atomic E-state index is 14.5. The quantitative estimate of drug-likeness (QED) is 0.740. The number of nitrogens with one attached hydrogen (secondary N) is 2. The van der Waals surface area contributed by atoms with Crippen molar-refractivity contribution in [3.63, 3.8) is 0 Å². The van der Waals surface area contributed by atoms with Gasteiger partial charge in [-0.2, -0.15) is 0 Å². The van der Waals surface area contributed by atoms with Crippen molar-refractivity contribution in [3.8, 4) is 0 Å². The molecule has 0 aromatic carbocycles. The van der Waals surface area contributed by atoms with Crippen LogP contribution in [0.15, 0.2) is 39.6 Å². The number of hydrogen-bond donors (Lipinski definition) is 2. The van der Waals surface area contributed by atoms with E-state index in [2.05, 4.69) is 20.9 Å². The Morgan fingerprint density at radius 2 is 2.23 bits per heavy atom. The number of aryl methyl sites for hydroxylation is 2. The van der Waals surface area contributed by atoms with Crippen molar-refractivity contribution in [1.82, 2.24) is 30.5 Å². The van der Waals surface area contributed by atoms with E-state index >= 15 is 0 Å². The summed E-state index contributed by atoms with van der Waals surface area (Å²) in [5.74, 6) is 0.351. The summed E-state index contributed by atoms with van der Waals surface area (Å²) in [5, 5.41) is 10.6. The minimum atomic E-state index is -0.346. The molecule has 140 valence electrons. The molecule has 0 radical (unpaired) electrons. The molecule has 0 saturated heterocycles. The summed E-state index contributed by atoms with van der Waals surface area (Å²) in [6.45, 7) is 4.94. The minimum Gasteiger partial charge on any atom is -0.383 e. The molecule has 0 saturated carbocycles. The molecule has 1 atom stereocenters. The molecule has 8 nitrogen and oxygen atoms in total. The highest BCUT2D eigenvalue weighted by molar-refractivity contribution is 5.54. The van der Waals surface area contributed by atoms with Crippen LogP contribution in [0.3, 0.4) is 0 Å². The van der Waals surface area contributed by atoms with E-state index in [0.29, 0.717) is 23.8 Å². The molecule has 1 unspecified atom stereocenters. The third kappa shape index (κ3) is 4.10. The molecule has 1 aromatic rings. The fraction of sp³-hybridized carbons (Fsp3) is 0.471. The first kappa shape index (κ1) is 18.1. The van der Waals surface area contributed by atoms with Gasteiger partial charge in [0, 0.05) is 38.3 Å². The first-order valence-electron chi connectivity index (χ1n) is 8.62. The van der Waals surface area contributed by atoms with Gasteiger partial charge >= 0.3 is 0 Å². The van der Waals surface area contributed by atoms with Crippen molar-refractivity contribution in [2.24, 2.45) is 5.10 Å². The molecule has 0 amide bonds. The smallest absolute Gasteiger partial charge is 0.254 e. The van der Waals surface area contributed by atoms with E-state index < -0.39 is 0 Å². The molecule has 1 aromatic heterocycles. The van der Waals surface area contributed by atoms with Crippen LogP contribution in [0.1, 0.15) is 30.4 Å². The first-order valence-corrected chi connectivity index (χ1v) is 8.62. The van der Waals surface area contributed by atoms with Gasteiger partial charge in [-0.25, -0.2) is 14.5 Å². The highest BCUT2D eigenvalue weighted by Crippen LogP contribution is 2.26. The summed E-state index contributed by atoms with van der Waals surface area (Å²) in [6.07, 6.45) is 6.23. The molecular weight excluding hydrogens is 337 g/mol. The number of hydrazine groups is 2. The second-order valence-electron chi connectivity index (χ2n) is 6.43. The summed E-state index contributed by atoms with van der Waals surface area (Å²) in [4.78, 5) is 16.5. The van der Waals surface area contributed by atoms with Crippen LogP contribution in [0.25, 0.3) is 0 Å². The van der Waals surface area contributed by atoms with Gasteiger partial charge in [0.2, 0.25) is 0 Å². The van der Waals surface area contributed by atoms with Crippen molar-refractivity contribution in [2.45, 2.75) is 32.7 Å². The molecule has 3 rings (SSSR count). The number of aromatic nitrogens is 2. The minimum absolute atomic E-state index is 0.148. The maximum absolute atomic E-state index is 14.5. The lowest BCUT2D eigenvalue weighted by Crippen LogP contribution is -2.39. The van der Waals surface area contributed by atoms with Gasteiger partial charge in [-0.05, 0) is 26.3 Å². The Morgan fingerprint density at radius 3 is 2.88 bits per heavy atom. The Bertz CT molecular complexity index is 814. The molecule has 0 fully saturated rings. The van der Waals surface area contributed by atoms with E-state index in [1.807, 2.05) is 18.1 Å². The highest BCUT2D eigenvalue weighted by atomic mass is 19.1. The van der Waals surface area contributed by atoms with Gasteiger partial charge in [-0.1, -0.05) is 6.08 Å². The molecule has 9 heteroatoms. The monoisotopic (exact) mass is 361 g/mol. The van der Waals surface area contributed by atoms with Gasteiger partial charge in [0.1, 0.15) is 18.0 Å². The van der Waals surface area contributed by atoms with Gasteiger partial charge in [0.15, 0.2) is 0 Å². The zero-order valence-electron chi connectivity index (χ0n) is 15.2. The second kappa shape index (κ2) is 7.69. The van der Waals surface area contributed by atoms with Gasteiger partial charge in [0.25, 0.3) is 5.56 Å². The van der Waals surface area contributed by atoms with Crippen molar-refractivity contribution < 1.29 is 4.39 Å². The van der Waals surface area contributed by atoms with Crippen molar-refractivity contribution in [1.29, 1.82) is 0 Å². The van der Waals surface area contributed by atoms with Crippen LogP contribution in [-0.4, -0.2) is 46.2 Å². The zero-order chi connectivity index (χ0) is 18.7. The number of hydrogen-bond acceptors (Lipinski definition) is 7. The Balaban J connectivity index is 1.54. The lowest BCUT2D eigenvalue weighted by molar-refractivity contribution is 0.145. The van der Waals surface area contributed by atoms with Crippen molar-refractivity contribution in [3.05, 3.63) is 51.6 Å². The number of hydrazone groups is 1. The van der Waals surface area contributed by atoms with Crippen LogP contribution in [0, 0.1) is 13.8 Å². The molecule has 1 aliphatic carbocycles. The normalized spacial score (nSPS) is 19.6. The fourth-order valence-electron chi connectivity index (χ4n) is 3.10. The first-order chi connectivity index (χ1) is 12.4. The van der Waals surface area contributed by atoms with E-state index in [-0.39, 0.29) is 23.8 Å². The Labute approximate surface area is 151 Å². The molecule has 26 heavy (non-hydrogen) atoms. The Hall–Kier alpha value is -2.68. The molecular formula is C17H24FN7O. The third-order valence-corrected chi connectivity index (χ3v) is 4.28. The lowest BCUT2D eigenvalue weighted by Gasteiger charge is -2.23. The summed E-state index contributed by atoms with van der Waals surface area (Å²) in [6, 6.07) is 1.13. The van der Waals surface area contributed by atoms with E-state index in [1.165, 1.54) is 10.6 Å². The number of nitrogens with zero attached hydrogens (tertiary/aromatic N) is 5. The van der Waals surface area contributed by atoms with Gasteiger partial charge in [-0.3, -0.25) is 14.4 Å². The average molecular weight is 361 g/mol. The van der Waals surface area contributed by atoms with Gasteiger partial charge < -0.3 is 5.32 Å². The van der Waals surface area contributed by atoms with Crippen LogP contribution in [-0.2, 0) is 0 Å². The number of rotatable bonds is 6. The summed E-state index contributed by atoms with van der Waals surface area (Å²) in [7, 11) is 1.81. The average Bonchev–Trinajstić information content (AvgIpc) is 2.97. The highest BCUT2D eigenvalue weighted by Gasteiger charge is 2.20. The summed E-state index contributed by atoms with van der Waals surface area (Å²) >= 11 is 0. The molecule has 2 aliphatic rings. The Morgan fingerprint density at radius 1 is 1.42 bits per heavy atom. The standard InChI is InChI=1S/C17H24FN7O/c1-12-9-17(26)25(13(2)21-12)14-5-6-16(15(18)10-14)19-7-4-8-24-11-20-23(3)22-24/h5-6,9,11,14,19,22H,4,7-8,10H2,1-3H3. The van der Waals surface area contributed by atoms with E-state index in [4.69, 9.17) is 0 Å². The van der Waals surface area contributed by atoms with Crippen molar-refractivity contribution >= 4 is 6.34 Å². The topological polar surface area (TPSA) is 77.8 Å². The van der Waals surface area contributed by atoms with E-state index in [9.17, 15) is 9.18 Å². The van der Waals surface area contributed by atoms with Crippen LogP contribution >= 0.6 is 0 Å². The number of halogens is 1. The van der Waals surface area contributed by atoms with Crippen LogP contribution < -0.4 is 16.4 Å². The SMILES string of the molecule is Cc1cc(=O)n(C2C=CC(NCCCN3C=NN(C)N3)=C(F)C2)c(C)n1. The van der Waals surface area contributed by atoms with Gasteiger partial charge in [-0.15, -0.1) is 10.6 Å². The lowest BCUT2D eigenvalue weighted by atomic mass is 10.0. The molecule has 2 heterocycles.